The standard InChI is InChI=1S/C18H21ClN2O/c1-4-21(5-2)18(22)20-17-11-6-13(3)12-16(17)14-7-9-15(19)10-8-14/h6-12H,4-5H2,1-3H3,(H,20,22). The molecule has 4 heteroatoms. The zero-order valence-electron chi connectivity index (χ0n) is 13.2. The second-order valence-electron chi connectivity index (χ2n) is 5.16. The van der Waals surface area contributed by atoms with Crippen LogP contribution in [-0.2, 0) is 0 Å². The van der Waals surface area contributed by atoms with Crippen molar-refractivity contribution in [1.82, 2.24) is 4.90 Å². The number of rotatable bonds is 4. The molecule has 0 bridgehead atoms. The first-order chi connectivity index (χ1) is 10.5. The topological polar surface area (TPSA) is 32.3 Å². The molecule has 2 aromatic rings. The first kappa shape index (κ1) is 16.4. The van der Waals surface area contributed by atoms with Crippen LogP contribution in [0.2, 0.25) is 5.02 Å². The lowest BCUT2D eigenvalue weighted by molar-refractivity contribution is 0.217. The lowest BCUT2D eigenvalue weighted by Gasteiger charge is -2.21. The molecule has 0 atom stereocenters. The number of anilines is 1. The van der Waals surface area contributed by atoms with Crippen LogP contribution in [0.5, 0.6) is 0 Å². The molecule has 1 N–H and O–H groups in total. The number of hydrogen-bond donors (Lipinski definition) is 1. The number of amides is 2. The molecule has 3 nitrogen and oxygen atoms in total. The van der Waals surface area contributed by atoms with E-state index < -0.39 is 0 Å². The van der Waals surface area contributed by atoms with Crippen LogP contribution in [0.25, 0.3) is 11.1 Å². The van der Waals surface area contributed by atoms with Gasteiger partial charge in [-0.2, -0.15) is 0 Å². The fourth-order valence-electron chi connectivity index (χ4n) is 2.34. The summed E-state index contributed by atoms with van der Waals surface area (Å²) in [7, 11) is 0. The number of carbonyl (C=O) groups is 1. The Hall–Kier alpha value is -2.00. The van der Waals surface area contributed by atoms with E-state index in [1.54, 1.807) is 4.90 Å². The average molecular weight is 317 g/mol. The van der Waals surface area contributed by atoms with Crippen molar-refractivity contribution in [3.63, 3.8) is 0 Å². The van der Waals surface area contributed by atoms with Gasteiger partial charge in [0.2, 0.25) is 0 Å². The van der Waals surface area contributed by atoms with E-state index in [4.69, 9.17) is 11.6 Å². The molecule has 0 heterocycles. The molecule has 0 radical (unpaired) electrons. The van der Waals surface area contributed by atoms with Crippen molar-refractivity contribution in [2.24, 2.45) is 0 Å². The van der Waals surface area contributed by atoms with Crippen LogP contribution in [0.1, 0.15) is 19.4 Å². The van der Waals surface area contributed by atoms with Gasteiger partial charge in [-0.05, 0) is 50.6 Å². The summed E-state index contributed by atoms with van der Waals surface area (Å²) in [5.74, 6) is 0. The van der Waals surface area contributed by atoms with Gasteiger partial charge >= 0.3 is 6.03 Å². The molecule has 22 heavy (non-hydrogen) atoms. The van der Waals surface area contributed by atoms with Gasteiger partial charge in [0.1, 0.15) is 0 Å². The second-order valence-corrected chi connectivity index (χ2v) is 5.59. The molecule has 0 aliphatic rings. The van der Waals surface area contributed by atoms with Gasteiger partial charge in [-0.3, -0.25) is 0 Å². The van der Waals surface area contributed by atoms with Gasteiger partial charge in [0.15, 0.2) is 0 Å². The predicted octanol–water partition coefficient (Wildman–Crippen LogP) is 5.19. The first-order valence-electron chi connectivity index (χ1n) is 7.47. The maximum Gasteiger partial charge on any atom is 0.321 e. The highest BCUT2D eigenvalue weighted by atomic mass is 35.5. The van der Waals surface area contributed by atoms with Crippen LogP contribution in [0.15, 0.2) is 42.5 Å². The number of nitrogens with one attached hydrogen (secondary N) is 1. The molecule has 0 unspecified atom stereocenters. The van der Waals surface area contributed by atoms with Crippen molar-refractivity contribution in [2.45, 2.75) is 20.8 Å². The fraction of sp³-hybridized carbons (Fsp3) is 0.278. The minimum absolute atomic E-state index is 0.0796. The van der Waals surface area contributed by atoms with E-state index in [-0.39, 0.29) is 6.03 Å². The van der Waals surface area contributed by atoms with Crippen LogP contribution < -0.4 is 5.32 Å². The van der Waals surface area contributed by atoms with Crippen LogP contribution >= 0.6 is 11.6 Å². The Labute approximate surface area is 136 Å². The monoisotopic (exact) mass is 316 g/mol. The Morgan fingerprint density at radius 2 is 1.73 bits per heavy atom. The Morgan fingerprint density at radius 1 is 1.09 bits per heavy atom. The summed E-state index contributed by atoms with van der Waals surface area (Å²) in [5, 5.41) is 3.71. The largest absolute Gasteiger partial charge is 0.325 e. The van der Waals surface area contributed by atoms with Crippen LogP contribution in [0, 0.1) is 6.92 Å². The van der Waals surface area contributed by atoms with Crippen molar-refractivity contribution >= 4 is 23.3 Å². The van der Waals surface area contributed by atoms with Gasteiger partial charge in [0, 0.05) is 23.7 Å². The fourth-order valence-corrected chi connectivity index (χ4v) is 2.47. The van der Waals surface area contributed by atoms with E-state index in [0.717, 1.165) is 22.4 Å². The highest BCUT2D eigenvalue weighted by molar-refractivity contribution is 6.30. The maximum absolute atomic E-state index is 12.3. The van der Waals surface area contributed by atoms with Crippen LogP contribution in [0.3, 0.4) is 0 Å². The minimum atomic E-state index is -0.0796. The quantitative estimate of drug-likeness (QED) is 0.827. The minimum Gasteiger partial charge on any atom is -0.325 e. The number of carbonyl (C=O) groups excluding carboxylic acids is 1. The molecule has 0 spiro atoms. The van der Waals surface area contributed by atoms with Crippen molar-refractivity contribution < 1.29 is 4.79 Å². The molecule has 0 fully saturated rings. The number of hydrogen-bond acceptors (Lipinski definition) is 1. The zero-order chi connectivity index (χ0) is 16.1. The number of halogens is 1. The third-order valence-electron chi connectivity index (χ3n) is 3.62. The molecule has 116 valence electrons. The SMILES string of the molecule is CCN(CC)C(=O)Nc1ccc(C)cc1-c1ccc(Cl)cc1. The summed E-state index contributed by atoms with van der Waals surface area (Å²) < 4.78 is 0. The Morgan fingerprint density at radius 3 is 2.32 bits per heavy atom. The molecule has 2 aromatic carbocycles. The predicted molar refractivity (Wildman–Crippen MR) is 93.6 cm³/mol. The highest BCUT2D eigenvalue weighted by Crippen LogP contribution is 2.30. The van der Waals surface area contributed by atoms with Crippen molar-refractivity contribution in [3.8, 4) is 11.1 Å². The number of aryl methyl sites for hydroxylation is 1. The van der Waals surface area contributed by atoms with E-state index in [2.05, 4.69) is 11.4 Å². The number of nitrogens with zero attached hydrogens (tertiary/aromatic N) is 1. The Kier molecular flexibility index (Phi) is 5.45. The Balaban J connectivity index is 2.36. The summed E-state index contributed by atoms with van der Waals surface area (Å²) in [6.07, 6.45) is 0. The van der Waals surface area contributed by atoms with Gasteiger partial charge < -0.3 is 10.2 Å². The molecule has 0 aliphatic heterocycles. The molecule has 2 rings (SSSR count). The molecule has 0 aromatic heterocycles. The third kappa shape index (κ3) is 3.80. The summed E-state index contributed by atoms with van der Waals surface area (Å²) >= 11 is 5.96. The van der Waals surface area contributed by atoms with E-state index in [9.17, 15) is 4.79 Å². The molecule has 0 saturated heterocycles. The van der Waals surface area contributed by atoms with Crippen molar-refractivity contribution in [2.75, 3.05) is 18.4 Å². The summed E-state index contributed by atoms with van der Waals surface area (Å²) in [6.45, 7) is 7.35. The Bertz CT molecular complexity index is 649. The van der Waals surface area contributed by atoms with Crippen molar-refractivity contribution in [1.29, 1.82) is 0 Å². The van der Waals surface area contributed by atoms with Gasteiger partial charge in [-0.1, -0.05) is 35.4 Å². The molecule has 0 saturated carbocycles. The molecule has 2 amide bonds. The third-order valence-corrected chi connectivity index (χ3v) is 3.87. The summed E-state index contributed by atoms with van der Waals surface area (Å²) in [4.78, 5) is 14.0. The van der Waals surface area contributed by atoms with Crippen molar-refractivity contribution in [3.05, 3.63) is 53.1 Å². The van der Waals surface area contributed by atoms with E-state index in [1.807, 2.05) is 57.2 Å². The van der Waals surface area contributed by atoms with Gasteiger partial charge in [-0.25, -0.2) is 4.79 Å². The second kappa shape index (κ2) is 7.32. The van der Waals surface area contributed by atoms with Gasteiger partial charge in [0.05, 0.1) is 5.69 Å². The van der Waals surface area contributed by atoms with E-state index in [1.165, 1.54) is 0 Å². The summed E-state index contributed by atoms with van der Waals surface area (Å²) in [5.41, 5.74) is 3.98. The average Bonchev–Trinajstić information content (AvgIpc) is 2.51. The molecule has 0 aliphatic carbocycles. The normalized spacial score (nSPS) is 10.4. The van der Waals surface area contributed by atoms with E-state index in [0.29, 0.717) is 18.1 Å². The summed E-state index contributed by atoms with van der Waals surface area (Å²) in [6, 6.07) is 13.6. The van der Waals surface area contributed by atoms with Gasteiger partial charge in [0.25, 0.3) is 0 Å². The number of benzene rings is 2. The van der Waals surface area contributed by atoms with Crippen LogP contribution in [-0.4, -0.2) is 24.0 Å². The highest BCUT2D eigenvalue weighted by Gasteiger charge is 2.13. The lowest BCUT2D eigenvalue weighted by atomic mass is 10.0. The lowest BCUT2D eigenvalue weighted by Crippen LogP contribution is -2.34. The maximum atomic E-state index is 12.3. The molecular weight excluding hydrogens is 296 g/mol. The van der Waals surface area contributed by atoms with E-state index >= 15 is 0 Å². The first-order valence-corrected chi connectivity index (χ1v) is 7.85. The smallest absolute Gasteiger partial charge is 0.321 e. The van der Waals surface area contributed by atoms with Gasteiger partial charge in [-0.15, -0.1) is 0 Å². The molecular formula is C18H21ClN2O. The van der Waals surface area contributed by atoms with Crippen LogP contribution in [0.4, 0.5) is 10.5 Å². The zero-order valence-corrected chi connectivity index (χ0v) is 13.9. The number of urea groups is 1.